The molecule has 0 unspecified atom stereocenters. The second-order valence-corrected chi connectivity index (χ2v) is 5.11. The number of hydrogen-bond donors (Lipinski definition) is 1. The summed E-state index contributed by atoms with van der Waals surface area (Å²) in [6.07, 6.45) is 2.90. The van der Waals surface area contributed by atoms with Crippen molar-refractivity contribution in [3.8, 4) is 0 Å². The van der Waals surface area contributed by atoms with Crippen molar-refractivity contribution < 1.29 is 13.6 Å². The number of rotatable bonds is 5. The maximum absolute atomic E-state index is 12.6. The molecule has 0 fully saturated rings. The molecule has 2 aromatic heterocycles. The molecule has 22 heavy (non-hydrogen) atoms. The summed E-state index contributed by atoms with van der Waals surface area (Å²) < 4.78 is 28.0. The van der Waals surface area contributed by atoms with Gasteiger partial charge in [0, 0.05) is 18.9 Å². The molecule has 0 spiro atoms. The van der Waals surface area contributed by atoms with Gasteiger partial charge in [0.1, 0.15) is 11.4 Å². The van der Waals surface area contributed by atoms with Gasteiger partial charge in [0.25, 0.3) is 5.91 Å². The Balaban J connectivity index is 2.14. The fraction of sp³-hybridized carbons (Fsp3) is 0.333. The second kappa shape index (κ2) is 6.77. The number of hydrogen-bond acceptors (Lipinski definition) is 4. The molecule has 0 aliphatic heterocycles. The van der Waals surface area contributed by atoms with E-state index in [0.717, 1.165) is 10.7 Å². The molecule has 0 bridgehead atoms. The third kappa shape index (κ3) is 3.38. The minimum Gasteiger partial charge on any atom is -0.271 e. The lowest BCUT2D eigenvalue weighted by Crippen LogP contribution is -2.23. The smallest absolute Gasteiger partial charge is 0.271 e. The van der Waals surface area contributed by atoms with Crippen LogP contribution in [0.25, 0.3) is 0 Å². The summed E-state index contributed by atoms with van der Waals surface area (Å²) in [5.41, 5.74) is 2.94. The Morgan fingerprint density at radius 3 is 2.86 bits per heavy atom. The van der Waals surface area contributed by atoms with Crippen LogP contribution in [0.15, 0.2) is 28.0 Å². The number of nitrogens with zero attached hydrogens (tertiary/aromatic N) is 5. The fourth-order valence-corrected chi connectivity index (χ4v) is 2.30. The van der Waals surface area contributed by atoms with Crippen molar-refractivity contribution in [2.24, 2.45) is 5.10 Å². The fourth-order valence-electron chi connectivity index (χ4n) is 1.70. The molecule has 0 aliphatic carbocycles. The third-order valence-electron chi connectivity index (χ3n) is 2.80. The zero-order valence-corrected chi connectivity index (χ0v) is 13.4. The van der Waals surface area contributed by atoms with E-state index in [1.165, 1.54) is 6.07 Å². The number of hydrazone groups is 1. The molecule has 0 aliphatic rings. The van der Waals surface area contributed by atoms with E-state index in [-0.39, 0.29) is 5.69 Å². The Hall–Kier alpha value is -2.10. The van der Waals surface area contributed by atoms with Crippen molar-refractivity contribution >= 4 is 27.5 Å². The Kier molecular flexibility index (Phi) is 5.01. The van der Waals surface area contributed by atoms with Gasteiger partial charge >= 0.3 is 6.55 Å². The van der Waals surface area contributed by atoms with Gasteiger partial charge in [-0.05, 0) is 35.8 Å². The molecule has 0 atom stereocenters. The minimum absolute atomic E-state index is 0.273. The Labute approximate surface area is 133 Å². The van der Waals surface area contributed by atoms with E-state index in [1.54, 1.807) is 17.8 Å². The van der Waals surface area contributed by atoms with Gasteiger partial charge in [0.15, 0.2) is 0 Å². The number of carbonyl (C=O) groups is 1. The van der Waals surface area contributed by atoms with E-state index in [4.69, 9.17) is 0 Å². The Morgan fingerprint density at radius 1 is 1.55 bits per heavy atom. The number of nitrogens with one attached hydrogen (secondary N) is 1. The van der Waals surface area contributed by atoms with Crippen LogP contribution < -0.4 is 5.43 Å². The average molecular weight is 375 g/mol. The maximum Gasteiger partial charge on any atom is 0.333 e. The van der Waals surface area contributed by atoms with Crippen LogP contribution >= 0.6 is 15.9 Å². The lowest BCUT2D eigenvalue weighted by Gasteiger charge is -2.05. The number of halogens is 3. The molecule has 2 aromatic rings. The SMILES string of the molecule is CCn1cc(Br)c(C(C)=NNC(=O)c2ccnn2C(F)F)n1. The molecule has 0 saturated heterocycles. The highest BCUT2D eigenvalue weighted by atomic mass is 79.9. The molecule has 0 radical (unpaired) electrons. The van der Waals surface area contributed by atoms with Crippen LogP contribution in [0.2, 0.25) is 0 Å². The van der Waals surface area contributed by atoms with Crippen molar-refractivity contribution in [2.45, 2.75) is 26.9 Å². The summed E-state index contributed by atoms with van der Waals surface area (Å²) in [5, 5.41) is 11.5. The first kappa shape index (κ1) is 16.3. The number of aryl methyl sites for hydroxylation is 1. The first-order valence-electron chi connectivity index (χ1n) is 6.33. The van der Waals surface area contributed by atoms with E-state index < -0.39 is 12.5 Å². The summed E-state index contributed by atoms with van der Waals surface area (Å²) in [6.45, 7) is 1.38. The summed E-state index contributed by atoms with van der Waals surface area (Å²) in [6, 6.07) is 1.19. The zero-order chi connectivity index (χ0) is 16.3. The Morgan fingerprint density at radius 2 is 2.27 bits per heavy atom. The molecule has 0 saturated carbocycles. The van der Waals surface area contributed by atoms with Crippen LogP contribution in [0.3, 0.4) is 0 Å². The first-order valence-corrected chi connectivity index (χ1v) is 7.13. The van der Waals surface area contributed by atoms with Crippen LogP contribution in [0.5, 0.6) is 0 Å². The molecule has 118 valence electrons. The predicted molar refractivity (Wildman–Crippen MR) is 78.8 cm³/mol. The number of amides is 1. The molecular formula is C12H13BrF2N6O. The molecule has 10 heteroatoms. The number of carbonyl (C=O) groups excluding carboxylic acids is 1. The molecule has 1 N–H and O–H groups in total. The van der Waals surface area contributed by atoms with Crippen LogP contribution in [-0.4, -0.2) is 31.2 Å². The standard InChI is InChI=1S/C12H13BrF2N6O/c1-3-20-6-8(13)10(19-20)7(2)17-18-11(22)9-4-5-16-21(9)12(14)15/h4-6,12H,3H2,1-2H3,(H,18,22). The van der Waals surface area contributed by atoms with E-state index >= 15 is 0 Å². The molecule has 0 aromatic carbocycles. The largest absolute Gasteiger partial charge is 0.333 e. The highest BCUT2D eigenvalue weighted by molar-refractivity contribution is 9.10. The number of alkyl halides is 2. The molecule has 7 nitrogen and oxygen atoms in total. The molecule has 1 amide bonds. The third-order valence-corrected chi connectivity index (χ3v) is 3.38. The van der Waals surface area contributed by atoms with Gasteiger partial charge in [-0.15, -0.1) is 0 Å². The van der Waals surface area contributed by atoms with Crippen LogP contribution in [-0.2, 0) is 6.54 Å². The van der Waals surface area contributed by atoms with Crippen LogP contribution in [0, 0.1) is 0 Å². The minimum atomic E-state index is -2.89. The van der Waals surface area contributed by atoms with Gasteiger partial charge in [-0.2, -0.15) is 28.8 Å². The highest BCUT2D eigenvalue weighted by Crippen LogP contribution is 2.16. The van der Waals surface area contributed by atoms with Crippen molar-refractivity contribution in [1.82, 2.24) is 25.0 Å². The van der Waals surface area contributed by atoms with Crippen molar-refractivity contribution in [1.29, 1.82) is 0 Å². The highest BCUT2D eigenvalue weighted by Gasteiger charge is 2.18. The second-order valence-electron chi connectivity index (χ2n) is 4.26. The topological polar surface area (TPSA) is 77.1 Å². The predicted octanol–water partition coefficient (Wildman–Crippen LogP) is 2.41. The lowest BCUT2D eigenvalue weighted by molar-refractivity contribution is 0.0510. The van der Waals surface area contributed by atoms with E-state index in [0.29, 0.717) is 22.6 Å². The van der Waals surface area contributed by atoms with E-state index in [2.05, 4.69) is 36.7 Å². The van der Waals surface area contributed by atoms with Crippen LogP contribution in [0.4, 0.5) is 8.78 Å². The zero-order valence-electron chi connectivity index (χ0n) is 11.8. The summed E-state index contributed by atoms with van der Waals surface area (Å²) in [7, 11) is 0. The van der Waals surface area contributed by atoms with Gasteiger partial charge < -0.3 is 0 Å². The van der Waals surface area contributed by atoms with Crippen molar-refractivity contribution in [3.05, 3.63) is 34.3 Å². The van der Waals surface area contributed by atoms with Gasteiger partial charge in [-0.1, -0.05) is 0 Å². The molecule has 2 heterocycles. The summed E-state index contributed by atoms with van der Waals surface area (Å²) in [4.78, 5) is 11.9. The van der Waals surface area contributed by atoms with Crippen LogP contribution in [0.1, 0.15) is 36.6 Å². The average Bonchev–Trinajstić information content (AvgIpc) is 3.10. The van der Waals surface area contributed by atoms with Crippen molar-refractivity contribution in [2.75, 3.05) is 0 Å². The quantitative estimate of drug-likeness (QED) is 0.644. The van der Waals surface area contributed by atoms with E-state index in [9.17, 15) is 13.6 Å². The first-order chi connectivity index (χ1) is 10.4. The summed E-state index contributed by atoms with van der Waals surface area (Å²) in [5.74, 6) is -0.775. The Bertz CT molecular complexity index is 708. The molecular weight excluding hydrogens is 362 g/mol. The van der Waals surface area contributed by atoms with Gasteiger partial charge in [0.2, 0.25) is 0 Å². The normalized spacial score (nSPS) is 12.0. The monoisotopic (exact) mass is 374 g/mol. The lowest BCUT2D eigenvalue weighted by atomic mass is 10.3. The maximum atomic E-state index is 12.6. The molecule has 2 rings (SSSR count). The van der Waals surface area contributed by atoms with Gasteiger partial charge in [-0.3, -0.25) is 9.48 Å². The van der Waals surface area contributed by atoms with Gasteiger partial charge in [-0.25, -0.2) is 5.43 Å². The van der Waals surface area contributed by atoms with E-state index in [1.807, 2.05) is 6.92 Å². The number of aromatic nitrogens is 4. The van der Waals surface area contributed by atoms with Gasteiger partial charge in [0.05, 0.1) is 10.2 Å². The summed E-state index contributed by atoms with van der Waals surface area (Å²) >= 11 is 3.34. The van der Waals surface area contributed by atoms with Crippen molar-refractivity contribution in [3.63, 3.8) is 0 Å².